The second-order valence-corrected chi connectivity index (χ2v) is 36.4. The number of aromatic nitrogens is 2. The van der Waals surface area contributed by atoms with Crippen LogP contribution in [0.2, 0.25) is 0 Å². The molecule has 0 bridgehead atoms. The van der Waals surface area contributed by atoms with Gasteiger partial charge in [0.2, 0.25) is 0 Å². The van der Waals surface area contributed by atoms with E-state index in [-0.39, 0.29) is 61.0 Å². The number of rotatable bonds is 8. The normalized spacial score (nSPS) is 14.6. The maximum absolute atomic E-state index is 9.94. The van der Waals surface area contributed by atoms with E-state index in [0.29, 0.717) is 5.69 Å². The van der Waals surface area contributed by atoms with Gasteiger partial charge in [-0.2, -0.15) is 0 Å². The van der Waals surface area contributed by atoms with Gasteiger partial charge in [-0.15, -0.1) is 0 Å². The Hall–Kier alpha value is -9.97. The molecule has 0 aliphatic carbocycles. The number of anilines is 6. The summed E-state index contributed by atoms with van der Waals surface area (Å²) in [5.74, 6) is 0. The minimum atomic E-state index is -0.497. The Labute approximate surface area is 632 Å². The number of hydrogen-bond acceptors (Lipinski definition) is 3. The standard InChI is InChI=1S/C99H103BN4/c1-93(2,3)67-51-66(52-68(54-67)94(4,5)6)65-45-48-80-84(53-65)103(90-76(62-35-25-22-26-36-62)55-69(95(7,8)9)56-77(90)63-37-27-23-28-38-63)86-59-71(97(13,14)15)60-87-89(86)100(80)81-49-46-72(102-82-43-33-31-41-73(82)74-42-32-34-44-83(74)102)61-85(81)104(87)91-78(64-39-29-24-30-40-64)57-70(96(10,11)12)58-79(91)75-47-50-88(98(16,17)18)101-92(75)99(19,20)21/h22-61H,1-21H3/i31D,32D,33D,34D,41D,42D,43D,44D. The summed E-state index contributed by atoms with van der Waals surface area (Å²) in [5.41, 5.74) is 25.1. The smallest absolute Gasteiger partial charge is 0.252 e. The predicted octanol–water partition coefficient (Wildman–Crippen LogP) is 25.7. The van der Waals surface area contributed by atoms with Crippen molar-refractivity contribution >= 4 is 79.0 Å². The van der Waals surface area contributed by atoms with Crippen LogP contribution in [0.4, 0.5) is 34.1 Å². The molecule has 13 aromatic rings. The third-order valence-corrected chi connectivity index (χ3v) is 21.5. The molecule has 104 heavy (non-hydrogen) atoms. The molecule has 522 valence electrons. The first-order valence-corrected chi connectivity index (χ1v) is 37.1. The third kappa shape index (κ3) is 12.3. The lowest BCUT2D eigenvalue weighted by molar-refractivity contribution is 0.532. The van der Waals surface area contributed by atoms with Crippen molar-refractivity contribution in [2.45, 2.75) is 183 Å². The molecule has 0 spiro atoms. The van der Waals surface area contributed by atoms with Crippen molar-refractivity contribution in [3.8, 4) is 61.3 Å². The largest absolute Gasteiger partial charge is 0.310 e. The van der Waals surface area contributed by atoms with Crippen LogP contribution in [0.5, 0.6) is 0 Å². The molecule has 2 aliphatic rings. The summed E-state index contributed by atoms with van der Waals surface area (Å²) < 4.78 is 77.9. The Kier molecular flexibility index (Phi) is 14.5. The van der Waals surface area contributed by atoms with E-state index in [9.17, 15) is 8.22 Å². The highest BCUT2D eigenvalue weighted by Crippen LogP contribution is 2.56. The molecular weight excluding hydrogens is 1260 g/mol. The maximum atomic E-state index is 9.94. The van der Waals surface area contributed by atoms with Gasteiger partial charge in [0.05, 0.1) is 39.1 Å². The van der Waals surface area contributed by atoms with Crippen LogP contribution in [-0.4, -0.2) is 16.3 Å². The first-order chi connectivity index (χ1) is 52.3. The van der Waals surface area contributed by atoms with Gasteiger partial charge in [-0.25, -0.2) is 0 Å². The van der Waals surface area contributed by atoms with Gasteiger partial charge >= 0.3 is 0 Å². The van der Waals surface area contributed by atoms with Gasteiger partial charge in [-0.3, -0.25) is 4.98 Å². The van der Waals surface area contributed by atoms with Gasteiger partial charge in [-0.05, 0) is 172 Å². The second kappa shape index (κ2) is 24.9. The Balaban J connectivity index is 1.20. The Morgan fingerprint density at radius 3 is 1.13 bits per heavy atom. The van der Waals surface area contributed by atoms with Crippen molar-refractivity contribution in [2.75, 3.05) is 9.80 Å². The van der Waals surface area contributed by atoms with E-state index in [1.807, 2.05) is 6.07 Å². The molecule has 4 nitrogen and oxygen atoms in total. The van der Waals surface area contributed by atoms with Crippen LogP contribution in [0.25, 0.3) is 83.1 Å². The number of fused-ring (bicyclic) bond motifs is 7. The van der Waals surface area contributed by atoms with Gasteiger partial charge in [0.1, 0.15) is 0 Å². The fourth-order valence-electron chi connectivity index (χ4n) is 15.6. The molecule has 0 N–H and O–H groups in total. The summed E-state index contributed by atoms with van der Waals surface area (Å²) in [7, 11) is 0. The van der Waals surface area contributed by atoms with Gasteiger partial charge in [-0.1, -0.05) is 315 Å². The molecule has 0 fully saturated rings. The monoisotopic (exact) mass is 1370 g/mol. The van der Waals surface area contributed by atoms with Crippen LogP contribution in [0.1, 0.15) is 196 Å². The van der Waals surface area contributed by atoms with Crippen molar-refractivity contribution < 1.29 is 11.0 Å². The minimum absolute atomic E-state index is 0.0137. The van der Waals surface area contributed by atoms with Crippen LogP contribution in [0, 0.1) is 0 Å². The molecule has 2 aliphatic heterocycles. The van der Waals surface area contributed by atoms with Gasteiger partial charge in [0.15, 0.2) is 0 Å². The summed E-state index contributed by atoms with van der Waals surface area (Å²) >= 11 is 0. The topological polar surface area (TPSA) is 24.3 Å². The van der Waals surface area contributed by atoms with E-state index in [4.69, 9.17) is 7.73 Å². The molecule has 0 saturated heterocycles. The van der Waals surface area contributed by atoms with Crippen LogP contribution in [-0.2, 0) is 37.9 Å². The molecule has 0 radical (unpaired) electrons. The lowest BCUT2D eigenvalue weighted by Gasteiger charge is -2.47. The average molecular weight is 1370 g/mol. The number of hydrogen-bond donors (Lipinski definition) is 0. The van der Waals surface area contributed by atoms with Gasteiger partial charge in [0, 0.05) is 83.6 Å². The molecule has 15 rings (SSSR count). The van der Waals surface area contributed by atoms with E-state index >= 15 is 0 Å². The van der Waals surface area contributed by atoms with E-state index in [0.717, 1.165) is 129 Å². The fourth-order valence-corrected chi connectivity index (χ4v) is 15.6. The maximum Gasteiger partial charge on any atom is 0.252 e. The molecule has 0 amide bonds. The first kappa shape index (κ1) is 60.5. The zero-order valence-corrected chi connectivity index (χ0v) is 64.8. The highest BCUT2D eigenvalue weighted by molar-refractivity contribution is 7.00. The van der Waals surface area contributed by atoms with Crippen molar-refractivity contribution in [1.29, 1.82) is 0 Å². The minimum Gasteiger partial charge on any atom is -0.310 e. The SMILES string of the molecule is [2H]c1c([2H])c([2H])c2c(c1[2H])c1c([2H])c([2H])c([2H])c([2H])c1n2-c1ccc2c(c1)N(c1c(-c3ccccc3)cc(C(C)(C)C)cc1-c1ccc(C(C)(C)C)nc1C(C)(C)C)c1cc(C(C)(C)C)cc3c1B2c1ccc(-c2cc(C(C)(C)C)cc(C(C)(C)C)c2)cc1N3c1c(-c2ccccc2)cc(C(C)(C)C)cc1-c1ccccc1. The lowest BCUT2D eigenvalue weighted by Crippen LogP contribution is -2.61. The molecule has 0 unspecified atom stereocenters. The highest BCUT2D eigenvalue weighted by atomic mass is 15.2. The summed E-state index contributed by atoms with van der Waals surface area (Å²) in [4.78, 5) is 10.9. The average Bonchev–Trinajstić information content (AvgIpc) is 1.19. The number of pyridine rings is 1. The molecule has 5 heteroatoms. The summed E-state index contributed by atoms with van der Waals surface area (Å²) in [5, 5.41) is 0.0273. The first-order valence-electron chi connectivity index (χ1n) is 41.1. The molecule has 0 atom stereocenters. The molecule has 11 aromatic carbocycles. The van der Waals surface area contributed by atoms with Crippen LogP contribution in [0.15, 0.2) is 242 Å². The summed E-state index contributed by atoms with van der Waals surface area (Å²) in [6.45, 7) is 47.4. The molecule has 2 aromatic heterocycles. The fraction of sp³-hybridized carbons (Fsp3) is 0.283. The molecule has 0 saturated carbocycles. The quantitative estimate of drug-likeness (QED) is 0.142. The lowest BCUT2D eigenvalue weighted by atomic mass is 9.33. The van der Waals surface area contributed by atoms with Crippen molar-refractivity contribution in [3.05, 3.63) is 282 Å². The van der Waals surface area contributed by atoms with Crippen LogP contribution in [0.3, 0.4) is 0 Å². The second-order valence-electron chi connectivity index (χ2n) is 36.4. The summed E-state index contributed by atoms with van der Waals surface area (Å²) in [6, 6.07) is 68.8. The Morgan fingerprint density at radius 1 is 0.308 bits per heavy atom. The van der Waals surface area contributed by atoms with E-state index in [2.05, 4.69) is 343 Å². The molecule has 4 heterocycles. The van der Waals surface area contributed by atoms with Crippen LogP contribution >= 0.6 is 0 Å². The predicted molar refractivity (Wildman–Crippen MR) is 451 cm³/mol. The highest BCUT2D eigenvalue weighted by Gasteiger charge is 2.47. The van der Waals surface area contributed by atoms with E-state index in [1.54, 1.807) is 4.57 Å². The van der Waals surface area contributed by atoms with Crippen molar-refractivity contribution in [1.82, 2.24) is 9.55 Å². The van der Waals surface area contributed by atoms with Gasteiger partial charge in [0.25, 0.3) is 6.71 Å². The zero-order chi connectivity index (χ0) is 80.7. The zero-order valence-electron chi connectivity index (χ0n) is 72.8. The van der Waals surface area contributed by atoms with Gasteiger partial charge < -0.3 is 14.4 Å². The Bertz CT molecular complexity index is 5860. The number of benzene rings is 11. The van der Waals surface area contributed by atoms with E-state index in [1.165, 1.54) is 16.7 Å². The number of nitrogens with zero attached hydrogens (tertiary/aromatic N) is 4. The molecular formula is C99H103BN4. The van der Waals surface area contributed by atoms with Crippen molar-refractivity contribution in [2.24, 2.45) is 0 Å². The third-order valence-electron chi connectivity index (χ3n) is 21.5. The van der Waals surface area contributed by atoms with E-state index < -0.39 is 53.8 Å². The Morgan fingerprint density at radius 2 is 0.702 bits per heavy atom. The van der Waals surface area contributed by atoms with Crippen molar-refractivity contribution in [3.63, 3.8) is 0 Å². The van der Waals surface area contributed by atoms with Crippen LogP contribution < -0.4 is 26.2 Å². The summed E-state index contributed by atoms with van der Waals surface area (Å²) in [6.07, 6.45) is 0. The number of para-hydroxylation sites is 2.